The molecule has 0 saturated carbocycles. The zero-order chi connectivity index (χ0) is 14.4. The van der Waals surface area contributed by atoms with Crippen molar-refractivity contribution in [2.24, 2.45) is 0 Å². The van der Waals surface area contributed by atoms with Gasteiger partial charge in [0, 0.05) is 21.5 Å². The van der Waals surface area contributed by atoms with E-state index in [0.717, 1.165) is 21.2 Å². The Bertz CT molecular complexity index is 560. The molecule has 2 nitrogen and oxygen atoms in total. The fraction of sp³-hybridized carbons (Fsp3) is 0.250. The molecule has 0 unspecified atom stereocenters. The van der Waals surface area contributed by atoms with E-state index in [2.05, 4.69) is 62.3 Å². The standard InChI is InChI=1S/C16H17Br2NO/c1-12(15-7-2-3-8-16(15)18)19-9-10-20-14-6-4-5-13(17)11-14/h2-8,11-12,19H,9-10H2,1H3/t12-/m0/s1. The second-order valence-corrected chi connectivity index (χ2v) is 6.27. The highest BCUT2D eigenvalue weighted by molar-refractivity contribution is 9.10. The summed E-state index contributed by atoms with van der Waals surface area (Å²) in [6, 6.07) is 16.4. The molecule has 1 atom stereocenters. The van der Waals surface area contributed by atoms with E-state index in [-0.39, 0.29) is 6.04 Å². The maximum absolute atomic E-state index is 5.70. The Hall–Kier alpha value is -0.840. The van der Waals surface area contributed by atoms with Crippen molar-refractivity contribution in [2.45, 2.75) is 13.0 Å². The minimum absolute atomic E-state index is 0.289. The lowest BCUT2D eigenvalue weighted by atomic mass is 10.1. The smallest absolute Gasteiger partial charge is 0.120 e. The normalized spacial score (nSPS) is 12.2. The van der Waals surface area contributed by atoms with Gasteiger partial charge < -0.3 is 10.1 Å². The summed E-state index contributed by atoms with van der Waals surface area (Å²) in [4.78, 5) is 0. The zero-order valence-electron chi connectivity index (χ0n) is 11.3. The van der Waals surface area contributed by atoms with Gasteiger partial charge in [-0.2, -0.15) is 0 Å². The molecule has 0 spiro atoms. The summed E-state index contributed by atoms with van der Waals surface area (Å²) >= 11 is 7.01. The number of nitrogens with one attached hydrogen (secondary N) is 1. The van der Waals surface area contributed by atoms with Crippen LogP contribution in [0.3, 0.4) is 0 Å². The molecule has 1 N–H and O–H groups in total. The third-order valence-electron chi connectivity index (χ3n) is 2.99. The van der Waals surface area contributed by atoms with Crippen molar-refractivity contribution in [1.82, 2.24) is 5.32 Å². The lowest BCUT2D eigenvalue weighted by molar-refractivity contribution is 0.307. The molecule has 106 valence electrons. The quantitative estimate of drug-likeness (QED) is 0.695. The molecule has 0 heterocycles. The largest absolute Gasteiger partial charge is 0.492 e. The van der Waals surface area contributed by atoms with Crippen molar-refractivity contribution < 1.29 is 4.74 Å². The number of benzene rings is 2. The Morgan fingerprint density at radius 2 is 1.90 bits per heavy atom. The van der Waals surface area contributed by atoms with Crippen molar-refractivity contribution in [3.63, 3.8) is 0 Å². The van der Waals surface area contributed by atoms with Crippen LogP contribution in [0.25, 0.3) is 0 Å². The first-order valence-corrected chi connectivity index (χ1v) is 8.11. The van der Waals surface area contributed by atoms with Crippen molar-refractivity contribution in [3.05, 3.63) is 63.0 Å². The lowest BCUT2D eigenvalue weighted by Gasteiger charge is -2.16. The van der Waals surface area contributed by atoms with Gasteiger partial charge in [0.1, 0.15) is 12.4 Å². The number of halogens is 2. The summed E-state index contributed by atoms with van der Waals surface area (Å²) in [6.45, 7) is 3.60. The molecule has 0 saturated heterocycles. The van der Waals surface area contributed by atoms with Gasteiger partial charge >= 0.3 is 0 Å². The van der Waals surface area contributed by atoms with Gasteiger partial charge in [-0.15, -0.1) is 0 Å². The molecule has 0 aliphatic rings. The maximum atomic E-state index is 5.70. The van der Waals surface area contributed by atoms with Gasteiger partial charge in [0.15, 0.2) is 0 Å². The molecule has 0 aliphatic heterocycles. The van der Waals surface area contributed by atoms with Crippen LogP contribution >= 0.6 is 31.9 Å². The Morgan fingerprint density at radius 1 is 1.10 bits per heavy atom. The minimum atomic E-state index is 0.289. The van der Waals surface area contributed by atoms with Crippen LogP contribution in [0.1, 0.15) is 18.5 Å². The molecule has 4 heteroatoms. The molecule has 20 heavy (non-hydrogen) atoms. The first kappa shape index (κ1) is 15.5. The summed E-state index contributed by atoms with van der Waals surface area (Å²) in [5, 5.41) is 3.46. The Morgan fingerprint density at radius 3 is 2.65 bits per heavy atom. The van der Waals surface area contributed by atoms with E-state index < -0.39 is 0 Å². The zero-order valence-corrected chi connectivity index (χ0v) is 14.4. The van der Waals surface area contributed by atoms with E-state index in [1.54, 1.807) is 0 Å². The van der Waals surface area contributed by atoms with E-state index in [1.165, 1.54) is 5.56 Å². The SMILES string of the molecule is C[C@H](NCCOc1cccc(Br)c1)c1ccccc1Br. The Labute approximate surface area is 136 Å². The molecule has 2 aromatic rings. The maximum Gasteiger partial charge on any atom is 0.120 e. The molecular weight excluding hydrogens is 382 g/mol. The Balaban J connectivity index is 1.77. The predicted molar refractivity (Wildman–Crippen MR) is 90.2 cm³/mol. The summed E-state index contributed by atoms with van der Waals surface area (Å²) < 4.78 is 7.86. The van der Waals surface area contributed by atoms with Crippen molar-refractivity contribution >= 4 is 31.9 Å². The van der Waals surface area contributed by atoms with Crippen LogP contribution in [0.15, 0.2) is 57.5 Å². The molecule has 0 aromatic heterocycles. The van der Waals surface area contributed by atoms with E-state index in [0.29, 0.717) is 6.61 Å². The fourth-order valence-electron chi connectivity index (χ4n) is 1.94. The van der Waals surface area contributed by atoms with E-state index in [1.807, 2.05) is 30.3 Å². The molecule has 2 rings (SSSR count). The highest BCUT2D eigenvalue weighted by Crippen LogP contribution is 2.22. The summed E-state index contributed by atoms with van der Waals surface area (Å²) in [5.41, 5.74) is 1.26. The molecule has 0 radical (unpaired) electrons. The van der Waals surface area contributed by atoms with E-state index in [9.17, 15) is 0 Å². The topological polar surface area (TPSA) is 21.3 Å². The van der Waals surface area contributed by atoms with Gasteiger partial charge in [-0.3, -0.25) is 0 Å². The first-order chi connectivity index (χ1) is 9.66. The first-order valence-electron chi connectivity index (χ1n) is 6.53. The molecule has 2 aromatic carbocycles. The van der Waals surface area contributed by atoms with Crippen LogP contribution in [0.2, 0.25) is 0 Å². The number of rotatable bonds is 6. The van der Waals surface area contributed by atoms with Gasteiger partial charge in [-0.1, -0.05) is 56.1 Å². The molecular formula is C16H17Br2NO. The van der Waals surface area contributed by atoms with Gasteiger partial charge in [0.2, 0.25) is 0 Å². The van der Waals surface area contributed by atoms with E-state index in [4.69, 9.17) is 4.74 Å². The average molecular weight is 399 g/mol. The van der Waals surface area contributed by atoms with E-state index >= 15 is 0 Å². The van der Waals surface area contributed by atoms with Crippen LogP contribution in [-0.2, 0) is 0 Å². The van der Waals surface area contributed by atoms with Gasteiger partial charge in [0.25, 0.3) is 0 Å². The lowest BCUT2D eigenvalue weighted by Crippen LogP contribution is -2.24. The third kappa shape index (κ3) is 4.62. The third-order valence-corrected chi connectivity index (χ3v) is 4.20. The molecule has 0 aliphatic carbocycles. The van der Waals surface area contributed by atoms with Crippen molar-refractivity contribution in [1.29, 1.82) is 0 Å². The fourth-order valence-corrected chi connectivity index (χ4v) is 2.94. The summed E-state index contributed by atoms with van der Waals surface area (Å²) in [5.74, 6) is 0.884. The van der Waals surface area contributed by atoms with Crippen molar-refractivity contribution in [3.8, 4) is 5.75 Å². The van der Waals surface area contributed by atoms with Gasteiger partial charge in [-0.05, 0) is 36.8 Å². The van der Waals surface area contributed by atoms with Crippen LogP contribution in [0.5, 0.6) is 5.75 Å². The monoisotopic (exact) mass is 397 g/mol. The number of hydrogen-bond acceptors (Lipinski definition) is 2. The van der Waals surface area contributed by atoms with Crippen LogP contribution in [0.4, 0.5) is 0 Å². The molecule has 0 amide bonds. The molecule has 0 fully saturated rings. The highest BCUT2D eigenvalue weighted by Gasteiger charge is 2.07. The minimum Gasteiger partial charge on any atom is -0.492 e. The number of hydrogen-bond donors (Lipinski definition) is 1. The average Bonchev–Trinajstić information content (AvgIpc) is 2.44. The number of ether oxygens (including phenoxy) is 1. The predicted octanol–water partition coefficient (Wildman–Crippen LogP) is 4.94. The summed E-state index contributed by atoms with van der Waals surface area (Å²) in [7, 11) is 0. The Kier molecular flexibility index (Phi) is 6.07. The van der Waals surface area contributed by atoms with Gasteiger partial charge in [0.05, 0.1) is 0 Å². The van der Waals surface area contributed by atoms with Crippen LogP contribution in [-0.4, -0.2) is 13.2 Å². The van der Waals surface area contributed by atoms with Gasteiger partial charge in [-0.25, -0.2) is 0 Å². The van der Waals surface area contributed by atoms with Crippen LogP contribution in [0, 0.1) is 0 Å². The van der Waals surface area contributed by atoms with Crippen LogP contribution < -0.4 is 10.1 Å². The summed E-state index contributed by atoms with van der Waals surface area (Å²) in [6.07, 6.45) is 0. The molecule has 0 bridgehead atoms. The highest BCUT2D eigenvalue weighted by atomic mass is 79.9. The van der Waals surface area contributed by atoms with Crippen molar-refractivity contribution in [2.75, 3.05) is 13.2 Å². The second-order valence-electron chi connectivity index (χ2n) is 4.50. The second kappa shape index (κ2) is 7.81.